The van der Waals surface area contributed by atoms with Crippen LogP contribution in [0.4, 0.5) is 0 Å². The lowest BCUT2D eigenvalue weighted by Crippen LogP contribution is -2.33. The second-order valence-electron chi connectivity index (χ2n) is 4.93. The van der Waals surface area contributed by atoms with Gasteiger partial charge in [-0.3, -0.25) is 4.79 Å². The van der Waals surface area contributed by atoms with Crippen molar-refractivity contribution >= 4 is 29.2 Å². The van der Waals surface area contributed by atoms with Crippen LogP contribution in [0.3, 0.4) is 0 Å². The van der Waals surface area contributed by atoms with Gasteiger partial charge in [0.15, 0.2) is 0 Å². The molecule has 0 spiro atoms. The molecule has 0 bridgehead atoms. The third-order valence-electron chi connectivity index (χ3n) is 3.70. The molecule has 0 fully saturated rings. The second-order valence-corrected chi connectivity index (χ2v) is 5.72. The summed E-state index contributed by atoms with van der Waals surface area (Å²) < 4.78 is 0. The minimum Gasteiger partial charge on any atom is -0.481 e. The number of aliphatic carboxylic acids is 1. The molecule has 2 nitrogen and oxygen atoms in total. The predicted molar refractivity (Wildman–Crippen MR) is 80.1 cm³/mol. The number of hydrogen-bond donors (Lipinski definition) is 1. The smallest absolute Gasteiger partial charge is 0.309 e. The molecule has 1 aromatic carbocycles. The molecule has 106 valence electrons. The van der Waals surface area contributed by atoms with Crippen LogP contribution in [0, 0.1) is 5.41 Å². The first-order valence-electron chi connectivity index (χ1n) is 6.63. The summed E-state index contributed by atoms with van der Waals surface area (Å²) in [6, 6.07) is 5.38. The van der Waals surface area contributed by atoms with Crippen LogP contribution in [0.15, 0.2) is 18.2 Å². The molecule has 0 saturated heterocycles. The van der Waals surface area contributed by atoms with Crippen molar-refractivity contribution in [2.24, 2.45) is 5.41 Å². The van der Waals surface area contributed by atoms with Gasteiger partial charge >= 0.3 is 5.97 Å². The first-order chi connectivity index (χ1) is 8.96. The second kappa shape index (κ2) is 7.16. The van der Waals surface area contributed by atoms with Crippen LogP contribution in [-0.2, 0) is 11.2 Å². The minimum absolute atomic E-state index is 0.429. The van der Waals surface area contributed by atoms with Crippen LogP contribution in [0.1, 0.15) is 45.1 Å². The molecular formula is C15H20Cl2O2. The molecule has 0 aliphatic heterocycles. The fraction of sp³-hybridized carbons (Fsp3) is 0.533. The quantitative estimate of drug-likeness (QED) is 0.751. The Kier molecular flexibility index (Phi) is 6.15. The number of carboxylic acid groups (broad SMARTS) is 1. The van der Waals surface area contributed by atoms with Crippen LogP contribution >= 0.6 is 23.2 Å². The highest BCUT2D eigenvalue weighted by molar-refractivity contribution is 6.42. The Bertz CT molecular complexity index is 446. The van der Waals surface area contributed by atoms with Gasteiger partial charge in [0, 0.05) is 0 Å². The number of carboxylic acids is 1. The Hall–Kier alpha value is -0.730. The van der Waals surface area contributed by atoms with Crippen molar-refractivity contribution < 1.29 is 9.90 Å². The van der Waals surface area contributed by atoms with E-state index >= 15 is 0 Å². The molecule has 4 heteroatoms. The zero-order valence-corrected chi connectivity index (χ0v) is 12.9. The van der Waals surface area contributed by atoms with Gasteiger partial charge < -0.3 is 5.11 Å². The minimum atomic E-state index is -0.750. The Morgan fingerprint density at radius 3 is 2.53 bits per heavy atom. The number of halogens is 2. The summed E-state index contributed by atoms with van der Waals surface area (Å²) >= 11 is 12.2. The molecule has 1 rings (SSSR count). The van der Waals surface area contributed by atoms with Crippen molar-refractivity contribution in [1.29, 1.82) is 0 Å². The third kappa shape index (κ3) is 3.87. The molecule has 19 heavy (non-hydrogen) atoms. The largest absolute Gasteiger partial charge is 0.481 e. The van der Waals surface area contributed by atoms with Gasteiger partial charge in [0.2, 0.25) is 0 Å². The zero-order chi connectivity index (χ0) is 14.5. The van der Waals surface area contributed by atoms with E-state index < -0.39 is 11.4 Å². The summed E-state index contributed by atoms with van der Waals surface area (Å²) in [5.41, 5.74) is 0.0687. The normalized spacial score (nSPS) is 14.1. The molecule has 0 aliphatic carbocycles. The Balaban J connectivity index is 3.06. The van der Waals surface area contributed by atoms with Crippen LogP contribution in [0.2, 0.25) is 10.0 Å². The summed E-state index contributed by atoms with van der Waals surface area (Å²) in [6.07, 6.45) is 3.57. The lowest BCUT2D eigenvalue weighted by atomic mass is 9.75. The van der Waals surface area contributed by atoms with Crippen LogP contribution in [-0.4, -0.2) is 11.1 Å². The number of carbonyl (C=O) groups is 1. The number of hydrogen-bond acceptors (Lipinski definition) is 1. The number of benzene rings is 1. The SMILES string of the molecule is CCCCC(CC)(Cc1cccc(Cl)c1Cl)C(=O)O. The molecule has 1 unspecified atom stereocenters. The molecule has 1 N–H and O–H groups in total. The van der Waals surface area contributed by atoms with E-state index in [2.05, 4.69) is 6.92 Å². The van der Waals surface area contributed by atoms with Gasteiger partial charge in [-0.2, -0.15) is 0 Å². The number of rotatable bonds is 7. The maximum absolute atomic E-state index is 11.7. The monoisotopic (exact) mass is 302 g/mol. The Morgan fingerprint density at radius 2 is 2.00 bits per heavy atom. The van der Waals surface area contributed by atoms with Gasteiger partial charge in [0.1, 0.15) is 0 Å². The van der Waals surface area contributed by atoms with Crippen molar-refractivity contribution in [3.8, 4) is 0 Å². The molecule has 0 heterocycles. The van der Waals surface area contributed by atoms with E-state index in [-0.39, 0.29) is 0 Å². The van der Waals surface area contributed by atoms with Crippen molar-refractivity contribution in [2.45, 2.75) is 46.0 Å². The Morgan fingerprint density at radius 1 is 1.32 bits per heavy atom. The first kappa shape index (κ1) is 16.3. The van der Waals surface area contributed by atoms with Crippen LogP contribution < -0.4 is 0 Å². The van der Waals surface area contributed by atoms with Crippen molar-refractivity contribution in [1.82, 2.24) is 0 Å². The fourth-order valence-electron chi connectivity index (χ4n) is 2.29. The molecular weight excluding hydrogens is 283 g/mol. The topological polar surface area (TPSA) is 37.3 Å². The van der Waals surface area contributed by atoms with E-state index in [4.69, 9.17) is 23.2 Å². The average Bonchev–Trinajstić information content (AvgIpc) is 2.39. The van der Waals surface area contributed by atoms with Crippen molar-refractivity contribution in [3.05, 3.63) is 33.8 Å². The number of unbranched alkanes of at least 4 members (excludes halogenated alkanes) is 1. The molecule has 0 amide bonds. The molecule has 0 saturated carbocycles. The van der Waals surface area contributed by atoms with Gasteiger partial charge in [0.05, 0.1) is 15.5 Å². The molecule has 1 atom stereocenters. The zero-order valence-electron chi connectivity index (χ0n) is 11.4. The summed E-state index contributed by atoms with van der Waals surface area (Å²) in [4.78, 5) is 11.7. The summed E-state index contributed by atoms with van der Waals surface area (Å²) in [5.74, 6) is -0.750. The Labute approximate surface area is 124 Å². The van der Waals surface area contributed by atoms with Crippen LogP contribution in [0.5, 0.6) is 0 Å². The summed E-state index contributed by atoms with van der Waals surface area (Å²) in [6.45, 7) is 3.98. The van der Waals surface area contributed by atoms with E-state index in [1.165, 1.54) is 0 Å². The highest BCUT2D eigenvalue weighted by Gasteiger charge is 2.36. The molecule has 1 aromatic rings. The van der Waals surface area contributed by atoms with E-state index in [1.807, 2.05) is 19.1 Å². The van der Waals surface area contributed by atoms with E-state index in [9.17, 15) is 9.90 Å². The average molecular weight is 303 g/mol. The summed E-state index contributed by atoms with van der Waals surface area (Å²) in [7, 11) is 0. The maximum atomic E-state index is 11.7. The van der Waals surface area contributed by atoms with Crippen LogP contribution in [0.25, 0.3) is 0 Å². The predicted octanol–water partition coefficient (Wildman–Crippen LogP) is 5.21. The highest BCUT2D eigenvalue weighted by Crippen LogP contribution is 2.37. The van der Waals surface area contributed by atoms with Crippen molar-refractivity contribution in [2.75, 3.05) is 0 Å². The van der Waals surface area contributed by atoms with Gasteiger partial charge in [0.25, 0.3) is 0 Å². The standard InChI is InChI=1S/C15H20Cl2O2/c1-3-5-9-15(4-2,14(18)19)10-11-7-6-8-12(16)13(11)17/h6-8H,3-5,9-10H2,1-2H3,(H,18,19). The van der Waals surface area contributed by atoms with E-state index in [0.29, 0.717) is 29.3 Å². The van der Waals surface area contributed by atoms with Gasteiger partial charge in [-0.25, -0.2) is 0 Å². The molecule has 0 aromatic heterocycles. The lowest BCUT2D eigenvalue weighted by molar-refractivity contribution is -0.149. The molecule has 0 aliphatic rings. The fourth-order valence-corrected chi connectivity index (χ4v) is 2.68. The van der Waals surface area contributed by atoms with Gasteiger partial charge in [-0.05, 0) is 30.9 Å². The highest BCUT2D eigenvalue weighted by atomic mass is 35.5. The third-order valence-corrected chi connectivity index (χ3v) is 4.56. The summed E-state index contributed by atoms with van der Waals surface area (Å²) in [5, 5.41) is 10.5. The van der Waals surface area contributed by atoms with Gasteiger partial charge in [-0.15, -0.1) is 0 Å². The lowest BCUT2D eigenvalue weighted by Gasteiger charge is -2.28. The van der Waals surface area contributed by atoms with Gasteiger partial charge in [-0.1, -0.05) is 62.0 Å². The van der Waals surface area contributed by atoms with E-state index in [0.717, 1.165) is 18.4 Å². The van der Waals surface area contributed by atoms with E-state index in [1.54, 1.807) is 6.07 Å². The maximum Gasteiger partial charge on any atom is 0.309 e. The van der Waals surface area contributed by atoms with Crippen molar-refractivity contribution in [3.63, 3.8) is 0 Å². The molecule has 0 radical (unpaired) electrons. The first-order valence-corrected chi connectivity index (χ1v) is 7.38.